The zero-order chi connectivity index (χ0) is 23.3. The number of hydrogen-bond acceptors (Lipinski definition) is 4. The molecule has 3 rings (SSSR count). The molecule has 0 aromatic heterocycles. The fraction of sp³-hybridized carbons (Fsp3) is 0.680. The molecule has 0 radical (unpaired) electrons. The van der Waals surface area contributed by atoms with Crippen molar-refractivity contribution in [2.75, 3.05) is 18.5 Å². The summed E-state index contributed by atoms with van der Waals surface area (Å²) in [7, 11) is 0. The third kappa shape index (κ3) is 6.92. The minimum atomic E-state index is -0.726. The van der Waals surface area contributed by atoms with Crippen LogP contribution in [0.25, 0.3) is 0 Å². The van der Waals surface area contributed by atoms with Gasteiger partial charge in [0.1, 0.15) is 17.5 Å². The molecule has 1 aliphatic carbocycles. The molecule has 1 aromatic rings. The van der Waals surface area contributed by atoms with E-state index < -0.39 is 17.7 Å². The highest BCUT2D eigenvalue weighted by Crippen LogP contribution is 2.32. The van der Waals surface area contributed by atoms with Gasteiger partial charge in [0, 0.05) is 18.9 Å². The van der Waals surface area contributed by atoms with Gasteiger partial charge in [-0.15, -0.1) is 0 Å². The lowest BCUT2D eigenvalue weighted by molar-refractivity contribution is -0.119. The summed E-state index contributed by atoms with van der Waals surface area (Å²) in [6.45, 7) is 8.84. The van der Waals surface area contributed by atoms with Crippen LogP contribution in [-0.4, -0.2) is 36.9 Å². The Bertz CT molecular complexity index is 794. The maximum Gasteiger partial charge on any atom is 0.408 e. The molecule has 1 heterocycles. The van der Waals surface area contributed by atoms with Crippen molar-refractivity contribution in [1.29, 1.82) is 0 Å². The standard InChI is InChI=1S/C25H37FN2O4/c1-16-5-7-18(8-6-16)22(28-24(30)32-25(2,3)4)23(29)27-19-9-10-20(21(26)15-19)17-11-13-31-14-12-17/h9-10,15-18,22H,5-8,11-14H2,1-4H3,(H,27,29)(H,28,30)/t16-,18-,22-/m0/s1. The van der Waals surface area contributed by atoms with Crippen LogP contribution in [0.2, 0.25) is 0 Å². The molecule has 1 aromatic carbocycles. The van der Waals surface area contributed by atoms with Crippen LogP contribution in [0, 0.1) is 17.7 Å². The van der Waals surface area contributed by atoms with Crippen molar-refractivity contribution in [3.05, 3.63) is 29.6 Å². The van der Waals surface area contributed by atoms with Crippen molar-refractivity contribution in [3.63, 3.8) is 0 Å². The number of carbonyl (C=O) groups is 2. The fourth-order valence-corrected chi connectivity index (χ4v) is 4.62. The number of amides is 2. The van der Waals surface area contributed by atoms with Crippen molar-refractivity contribution >= 4 is 17.7 Å². The molecular formula is C25H37FN2O4. The molecule has 1 saturated heterocycles. The van der Waals surface area contributed by atoms with E-state index in [1.807, 2.05) is 0 Å². The van der Waals surface area contributed by atoms with Crippen LogP contribution in [-0.2, 0) is 14.3 Å². The van der Waals surface area contributed by atoms with Crippen molar-refractivity contribution in [2.45, 2.75) is 83.8 Å². The van der Waals surface area contributed by atoms with Gasteiger partial charge in [-0.3, -0.25) is 4.79 Å². The molecule has 2 N–H and O–H groups in total. The second-order valence-corrected chi connectivity index (χ2v) is 10.3. The predicted octanol–water partition coefficient (Wildman–Crippen LogP) is 5.38. The first kappa shape index (κ1) is 24.5. The Morgan fingerprint density at radius 2 is 1.75 bits per heavy atom. The van der Waals surface area contributed by atoms with Gasteiger partial charge in [0.05, 0.1) is 0 Å². The molecule has 2 fully saturated rings. The lowest BCUT2D eigenvalue weighted by Gasteiger charge is -2.33. The van der Waals surface area contributed by atoms with E-state index in [0.29, 0.717) is 30.4 Å². The number of halogens is 1. The number of anilines is 1. The van der Waals surface area contributed by atoms with Crippen molar-refractivity contribution in [3.8, 4) is 0 Å². The third-order valence-corrected chi connectivity index (χ3v) is 6.42. The molecular weight excluding hydrogens is 411 g/mol. The highest BCUT2D eigenvalue weighted by molar-refractivity contribution is 5.96. The summed E-state index contributed by atoms with van der Waals surface area (Å²) in [4.78, 5) is 25.6. The van der Waals surface area contributed by atoms with E-state index in [9.17, 15) is 14.0 Å². The number of ether oxygens (including phenoxy) is 2. The molecule has 2 amide bonds. The maximum absolute atomic E-state index is 14.8. The normalized spacial score (nSPS) is 23.3. The summed E-state index contributed by atoms with van der Waals surface area (Å²) in [6, 6.07) is 4.13. The Kier molecular flexibility index (Phi) is 8.15. The first-order chi connectivity index (χ1) is 15.1. The molecule has 6 nitrogen and oxygen atoms in total. The largest absolute Gasteiger partial charge is 0.444 e. The monoisotopic (exact) mass is 448 g/mol. The molecule has 32 heavy (non-hydrogen) atoms. The number of benzene rings is 1. The van der Waals surface area contributed by atoms with E-state index in [-0.39, 0.29) is 23.6 Å². The molecule has 0 spiro atoms. The quantitative estimate of drug-likeness (QED) is 0.634. The SMILES string of the molecule is CC(C)(C)OC(=O)N[C@H](C(=O)Nc1ccc(C2CCOCC2)c(F)c1)[C@H]1CC[C@H](C)CC1. The average Bonchev–Trinajstić information content (AvgIpc) is 2.72. The molecule has 1 aliphatic heterocycles. The van der Waals surface area contributed by atoms with E-state index in [0.717, 1.165) is 38.5 Å². The molecule has 0 unspecified atom stereocenters. The average molecular weight is 449 g/mol. The summed E-state index contributed by atoms with van der Waals surface area (Å²) in [5, 5.41) is 5.59. The number of rotatable bonds is 5. The van der Waals surface area contributed by atoms with Gasteiger partial charge in [0.25, 0.3) is 0 Å². The Morgan fingerprint density at radius 3 is 2.34 bits per heavy atom. The summed E-state index contributed by atoms with van der Waals surface area (Å²) in [5.41, 5.74) is 0.398. The number of alkyl carbamates (subject to hydrolysis) is 1. The Balaban J connectivity index is 1.70. The highest BCUT2D eigenvalue weighted by atomic mass is 19.1. The minimum absolute atomic E-state index is 0.0186. The van der Waals surface area contributed by atoms with Gasteiger partial charge in [-0.25, -0.2) is 9.18 Å². The van der Waals surface area contributed by atoms with E-state index in [2.05, 4.69) is 17.6 Å². The first-order valence-electron chi connectivity index (χ1n) is 11.8. The van der Waals surface area contributed by atoms with Gasteiger partial charge < -0.3 is 20.1 Å². The summed E-state index contributed by atoms with van der Waals surface area (Å²) < 4.78 is 25.5. The maximum atomic E-state index is 14.8. The van der Waals surface area contributed by atoms with Crippen LogP contribution in [0.5, 0.6) is 0 Å². The van der Waals surface area contributed by atoms with Gasteiger partial charge in [-0.05, 0) is 81.9 Å². The van der Waals surface area contributed by atoms with Gasteiger partial charge in [-0.2, -0.15) is 0 Å². The zero-order valence-electron chi connectivity index (χ0n) is 19.7. The van der Waals surface area contributed by atoms with Crippen LogP contribution in [0.3, 0.4) is 0 Å². The van der Waals surface area contributed by atoms with Gasteiger partial charge in [0.2, 0.25) is 5.91 Å². The lowest BCUT2D eigenvalue weighted by Crippen LogP contribution is -2.50. The van der Waals surface area contributed by atoms with Crippen molar-refractivity contribution in [1.82, 2.24) is 5.32 Å². The van der Waals surface area contributed by atoms with Crippen LogP contribution in [0.15, 0.2) is 18.2 Å². The number of nitrogens with one attached hydrogen (secondary N) is 2. The molecule has 7 heteroatoms. The smallest absolute Gasteiger partial charge is 0.408 e. The number of carbonyl (C=O) groups excluding carboxylic acids is 2. The molecule has 2 aliphatic rings. The Hall–Kier alpha value is -2.15. The fourth-order valence-electron chi connectivity index (χ4n) is 4.62. The molecule has 1 saturated carbocycles. The third-order valence-electron chi connectivity index (χ3n) is 6.42. The van der Waals surface area contributed by atoms with Crippen LogP contribution >= 0.6 is 0 Å². The summed E-state index contributed by atoms with van der Waals surface area (Å²) in [6.07, 6.45) is 4.71. The zero-order valence-corrected chi connectivity index (χ0v) is 19.7. The van der Waals surface area contributed by atoms with E-state index in [4.69, 9.17) is 9.47 Å². The van der Waals surface area contributed by atoms with Crippen LogP contribution in [0.1, 0.15) is 77.7 Å². The van der Waals surface area contributed by atoms with Crippen LogP contribution in [0.4, 0.5) is 14.9 Å². The van der Waals surface area contributed by atoms with Crippen molar-refractivity contribution < 1.29 is 23.5 Å². The Labute approximate surface area is 190 Å². The van der Waals surface area contributed by atoms with Gasteiger partial charge in [-0.1, -0.05) is 25.8 Å². The molecule has 1 atom stereocenters. The van der Waals surface area contributed by atoms with Gasteiger partial charge >= 0.3 is 6.09 Å². The van der Waals surface area contributed by atoms with Crippen LogP contribution < -0.4 is 10.6 Å². The minimum Gasteiger partial charge on any atom is -0.444 e. The summed E-state index contributed by atoms with van der Waals surface area (Å²) >= 11 is 0. The highest BCUT2D eigenvalue weighted by Gasteiger charge is 2.34. The summed E-state index contributed by atoms with van der Waals surface area (Å²) in [5.74, 6) is 0.110. The van der Waals surface area contributed by atoms with E-state index in [1.54, 1.807) is 32.9 Å². The van der Waals surface area contributed by atoms with Gasteiger partial charge in [0.15, 0.2) is 0 Å². The first-order valence-corrected chi connectivity index (χ1v) is 11.8. The second-order valence-electron chi connectivity index (χ2n) is 10.3. The predicted molar refractivity (Wildman–Crippen MR) is 122 cm³/mol. The molecule has 0 bridgehead atoms. The van der Waals surface area contributed by atoms with E-state index >= 15 is 0 Å². The molecule has 178 valence electrons. The lowest BCUT2D eigenvalue weighted by atomic mass is 9.79. The second kappa shape index (κ2) is 10.6. The number of hydrogen-bond donors (Lipinski definition) is 2. The van der Waals surface area contributed by atoms with E-state index in [1.165, 1.54) is 6.07 Å². The topological polar surface area (TPSA) is 76.7 Å². The Morgan fingerprint density at radius 1 is 1.09 bits per heavy atom. The van der Waals surface area contributed by atoms with Crippen molar-refractivity contribution in [2.24, 2.45) is 11.8 Å².